The van der Waals surface area contributed by atoms with Gasteiger partial charge in [0.15, 0.2) is 5.78 Å². The quantitative estimate of drug-likeness (QED) is 0.775. The Morgan fingerprint density at radius 1 is 1.08 bits per heavy atom. The molecule has 1 fully saturated rings. The minimum absolute atomic E-state index is 0.0686. The molecule has 2 atom stereocenters. The fourth-order valence-corrected chi connectivity index (χ4v) is 4.42. The van der Waals surface area contributed by atoms with Crippen LogP contribution in [0.3, 0.4) is 0 Å². The van der Waals surface area contributed by atoms with Crippen molar-refractivity contribution in [3.8, 4) is 0 Å². The summed E-state index contributed by atoms with van der Waals surface area (Å²) in [6.07, 6.45) is 2.43. The van der Waals surface area contributed by atoms with E-state index in [0.717, 1.165) is 44.7 Å². The Labute approximate surface area is 152 Å². The summed E-state index contributed by atoms with van der Waals surface area (Å²) in [7, 11) is 0. The number of pyridine rings is 1. The van der Waals surface area contributed by atoms with Gasteiger partial charge in [0.1, 0.15) is 5.82 Å². The molecule has 0 amide bonds. The molecule has 4 nitrogen and oxygen atoms in total. The van der Waals surface area contributed by atoms with E-state index in [9.17, 15) is 14.0 Å². The number of benzene rings is 1. The van der Waals surface area contributed by atoms with E-state index in [-0.39, 0.29) is 17.2 Å². The summed E-state index contributed by atoms with van der Waals surface area (Å²) in [4.78, 5) is 26.7. The van der Waals surface area contributed by atoms with Gasteiger partial charge in [0.2, 0.25) is 0 Å². The number of nitrogens with zero attached hydrogens (tertiary/aromatic N) is 2. The van der Waals surface area contributed by atoms with Crippen molar-refractivity contribution in [1.29, 1.82) is 0 Å². The molecule has 2 bridgehead atoms. The molecule has 5 heteroatoms. The molecule has 0 N–H and O–H groups in total. The third kappa shape index (κ3) is 3.49. The molecule has 26 heavy (non-hydrogen) atoms. The monoisotopic (exact) mass is 354 g/mol. The highest BCUT2D eigenvalue weighted by Gasteiger charge is 2.34. The minimum atomic E-state index is -0.319. The number of piperidine rings is 1. The molecule has 3 heterocycles. The number of likely N-dealkylation sites (tertiary alicyclic amines) is 1. The minimum Gasteiger partial charge on any atom is -0.312 e. The van der Waals surface area contributed by atoms with Crippen molar-refractivity contribution < 1.29 is 9.18 Å². The van der Waals surface area contributed by atoms with Gasteiger partial charge in [0.25, 0.3) is 5.56 Å². The Bertz CT molecular complexity index is 859. The van der Waals surface area contributed by atoms with E-state index in [1.165, 1.54) is 12.1 Å². The molecule has 0 saturated carbocycles. The van der Waals surface area contributed by atoms with Gasteiger partial charge in [-0.15, -0.1) is 0 Å². The van der Waals surface area contributed by atoms with Gasteiger partial charge in [-0.05, 0) is 55.6 Å². The second-order valence-corrected chi connectivity index (χ2v) is 7.49. The zero-order valence-corrected chi connectivity index (χ0v) is 14.7. The van der Waals surface area contributed by atoms with Gasteiger partial charge >= 0.3 is 0 Å². The summed E-state index contributed by atoms with van der Waals surface area (Å²) in [5, 5.41) is 0. The SMILES string of the molecule is O=C(CCCN1C[C@H]2C[C@@H](C1)c1cccc(=O)n1C2)c1ccc(F)cc1. The molecular weight excluding hydrogens is 331 g/mol. The standard InChI is InChI=1S/C21H23FN2O2/c22-18-8-6-16(7-9-18)20(25)4-2-10-23-12-15-11-17(14-23)19-3-1-5-21(26)24(19)13-15/h1,3,5-9,15,17H,2,4,10-14H2/t15-,17+/m1/s1. The first-order valence-electron chi connectivity index (χ1n) is 9.31. The molecule has 1 aromatic carbocycles. The summed E-state index contributed by atoms with van der Waals surface area (Å²) in [5.41, 5.74) is 1.84. The van der Waals surface area contributed by atoms with Gasteiger partial charge in [-0.1, -0.05) is 6.07 Å². The maximum Gasteiger partial charge on any atom is 0.250 e. The van der Waals surface area contributed by atoms with Crippen LogP contribution >= 0.6 is 0 Å². The molecular formula is C21H23FN2O2. The number of Topliss-reactive ketones (excluding diaryl/α,β-unsaturated/α-hetero) is 1. The van der Waals surface area contributed by atoms with Gasteiger partial charge in [0.05, 0.1) is 0 Å². The van der Waals surface area contributed by atoms with Crippen LogP contribution in [0.2, 0.25) is 0 Å². The maximum absolute atomic E-state index is 12.9. The Morgan fingerprint density at radius 2 is 1.88 bits per heavy atom. The Balaban J connectivity index is 1.34. The summed E-state index contributed by atoms with van der Waals surface area (Å²) in [6.45, 7) is 3.63. The molecule has 136 valence electrons. The predicted molar refractivity (Wildman–Crippen MR) is 98.0 cm³/mol. The number of rotatable bonds is 5. The molecule has 2 aliphatic heterocycles. The normalized spacial score (nSPS) is 22.0. The topological polar surface area (TPSA) is 42.3 Å². The van der Waals surface area contributed by atoms with E-state index in [1.807, 2.05) is 10.6 Å². The molecule has 1 saturated heterocycles. The maximum atomic E-state index is 12.9. The van der Waals surface area contributed by atoms with Crippen LogP contribution in [0.5, 0.6) is 0 Å². The predicted octanol–water partition coefficient (Wildman–Crippen LogP) is 3.07. The molecule has 1 aromatic heterocycles. The lowest BCUT2D eigenvalue weighted by atomic mass is 9.83. The summed E-state index contributed by atoms with van der Waals surface area (Å²) < 4.78 is 14.9. The van der Waals surface area contributed by atoms with E-state index >= 15 is 0 Å². The van der Waals surface area contributed by atoms with Crippen molar-refractivity contribution in [2.24, 2.45) is 5.92 Å². The Hall–Kier alpha value is -2.27. The fourth-order valence-electron chi connectivity index (χ4n) is 4.42. The van der Waals surface area contributed by atoms with Crippen molar-refractivity contribution in [2.75, 3.05) is 19.6 Å². The third-order valence-corrected chi connectivity index (χ3v) is 5.60. The van der Waals surface area contributed by atoms with E-state index in [0.29, 0.717) is 23.8 Å². The number of aromatic nitrogens is 1. The van der Waals surface area contributed by atoms with Gasteiger partial charge < -0.3 is 9.47 Å². The van der Waals surface area contributed by atoms with Gasteiger partial charge in [-0.25, -0.2) is 4.39 Å². The highest BCUT2D eigenvalue weighted by atomic mass is 19.1. The molecule has 2 aliphatic rings. The number of ketones is 1. The van der Waals surface area contributed by atoms with Crippen molar-refractivity contribution in [1.82, 2.24) is 9.47 Å². The van der Waals surface area contributed by atoms with Crippen LogP contribution in [-0.2, 0) is 6.54 Å². The molecule has 2 aromatic rings. The van der Waals surface area contributed by atoms with Crippen LogP contribution in [0.15, 0.2) is 47.3 Å². The fraction of sp³-hybridized carbons (Fsp3) is 0.429. The number of hydrogen-bond donors (Lipinski definition) is 0. The van der Waals surface area contributed by atoms with Crippen LogP contribution in [-0.4, -0.2) is 34.9 Å². The first-order valence-corrected chi connectivity index (χ1v) is 9.31. The second kappa shape index (κ2) is 7.16. The van der Waals surface area contributed by atoms with E-state index in [4.69, 9.17) is 0 Å². The second-order valence-electron chi connectivity index (χ2n) is 7.49. The summed E-state index contributed by atoms with van der Waals surface area (Å²) >= 11 is 0. The smallest absolute Gasteiger partial charge is 0.250 e. The van der Waals surface area contributed by atoms with Crippen molar-refractivity contribution in [3.63, 3.8) is 0 Å². The molecule has 4 rings (SSSR count). The van der Waals surface area contributed by atoms with E-state index in [2.05, 4.69) is 11.0 Å². The number of halogens is 1. The molecule has 0 unspecified atom stereocenters. The Morgan fingerprint density at radius 3 is 2.69 bits per heavy atom. The average Bonchev–Trinajstić information content (AvgIpc) is 2.63. The largest absolute Gasteiger partial charge is 0.312 e. The summed E-state index contributed by atoms with van der Waals surface area (Å²) in [5.74, 6) is 0.665. The summed E-state index contributed by atoms with van der Waals surface area (Å²) in [6, 6.07) is 11.3. The molecule has 0 radical (unpaired) electrons. The van der Waals surface area contributed by atoms with E-state index in [1.54, 1.807) is 18.2 Å². The van der Waals surface area contributed by atoms with Crippen molar-refractivity contribution in [3.05, 3.63) is 69.9 Å². The zero-order chi connectivity index (χ0) is 18.1. The average molecular weight is 354 g/mol. The van der Waals surface area contributed by atoms with Crippen LogP contribution < -0.4 is 5.56 Å². The highest BCUT2D eigenvalue weighted by molar-refractivity contribution is 5.95. The number of hydrogen-bond acceptors (Lipinski definition) is 3. The lowest BCUT2D eigenvalue weighted by Gasteiger charge is -2.42. The van der Waals surface area contributed by atoms with Crippen LogP contribution in [0.4, 0.5) is 4.39 Å². The van der Waals surface area contributed by atoms with Crippen molar-refractivity contribution >= 4 is 5.78 Å². The lowest BCUT2D eigenvalue weighted by Crippen LogP contribution is -2.47. The highest BCUT2D eigenvalue weighted by Crippen LogP contribution is 2.34. The van der Waals surface area contributed by atoms with Gasteiger partial charge in [0, 0.05) is 49.3 Å². The number of fused-ring (bicyclic) bond motifs is 4. The van der Waals surface area contributed by atoms with Crippen LogP contribution in [0.25, 0.3) is 0 Å². The molecule has 0 spiro atoms. The number of carbonyl (C=O) groups is 1. The Kier molecular flexibility index (Phi) is 4.72. The van der Waals surface area contributed by atoms with Crippen LogP contribution in [0.1, 0.15) is 41.2 Å². The van der Waals surface area contributed by atoms with Gasteiger partial charge in [-0.2, -0.15) is 0 Å². The first-order chi connectivity index (χ1) is 12.6. The van der Waals surface area contributed by atoms with Crippen molar-refractivity contribution in [2.45, 2.75) is 31.7 Å². The van der Waals surface area contributed by atoms with E-state index < -0.39 is 0 Å². The zero-order valence-electron chi connectivity index (χ0n) is 14.7. The lowest BCUT2D eigenvalue weighted by molar-refractivity contribution is 0.0951. The first kappa shape index (κ1) is 17.2. The van der Waals surface area contributed by atoms with Gasteiger partial charge in [-0.3, -0.25) is 9.59 Å². The molecule has 0 aliphatic carbocycles. The number of carbonyl (C=O) groups excluding carboxylic acids is 1. The third-order valence-electron chi connectivity index (χ3n) is 5.60. The van der Waals surface area contributed by atoms with Crippen LogP contribution in [0, 0.1) is 11.7 Å².